The predicted octanol–water partition coefficient (Wildman–Crippen LogP) is 3.00. The van der Waals surface area contributed by atoms with Crippen molar-refractivity contribution in [3.05, 3.63) is 23.8 Å². The molecule has 4 N–H and O–H groups in total. The number of nitrogen functional groups attached to an aromatic ring is 1. The molecule has 0 unspecified atom stereocenters. The van der Waals surface area contributed by atoms with E-state index >= 15 is 0 Å². The minimum atomic E-state index is -4.39. The second kappa shape index (κ2) is 4.92. The molecule has 0 atom stereocenters. The van der Waals surface area contributed by atoms with E-state index in [2.05, 4.69) is 5.32 Å². The van der Waals surface area contributed by atoms with Crippen molar-refractivity contribution in [2.45, 2.75) is 37.5 Å². The van der Waals surface area contributed by atoms with E-state index in [0.717, 1.165) is 25.0 Å². The van der Waals surface area contributed by atoms with Gasteiger partial charge in [0.25, 0.3) is 0 Å². The van der Waals surface area contributed by atoms with Gasteiger partial charge in [-0.1, -0.05) is 12.8 Å². The lowest BCUT2D eigenvalue weighted by atomic mass is 10.0. The molecule has 1 aromatic carbocycles. The van der Waals surface area contributed by atoms with Crippen molar-refractivity contribution in [1.82, 2.24) is 0 Å². The average Bonchev–Trinajstić information content (AvgIpc) is 2.74. The van der Waals surface area contributed by atoms with Gasteiger partial charge in [0.05, 0.1) is 22.5 Å². The Balaban J connectivity index is 2.05. The monoisotopic (exact) mass is 274 g/mol. The third-order valence-electron chi connectivity index (χ3n) is 3.52. The van der Waals surface area contributed by atoms with Crippen LogP contribution in [0.4, 0.5) is 24.5 Å². The van der Waals surface area contributed by atoms with Gasteiger partial charge in [0.2, 0.25) is 0 Å². The number of halogens is 3. The number of nitrogens with one attached hydrogen (secondary N) is 1. The van der Waals surface area contributed by atoms with E-state index in [1.807, 2.05) is 0 Å². The number of benzene rings is 1. The molecule has 1 fully saturated rings. The lowest BCUT2D eigenvalue weighted by Crippen LogP contribution is -2.33. The Bertz CT molecular complexity index is 454. The van der Waals surface area contributed by atoms with Gasteiger partial charge in [-0.3, -0.25) is 0 Å². The molecule has 2 rings (SSSR count). The fraction of sp³-hybridized carbons (Fsp3) is 0.538. The lowest BCUT2D eigenvalue weighted by Gasteiger charge is -2.23. The first-order chi connectivity index (χ1) is 8.80. The normalized spacial score (nSPS) is 18.5. The van der Waals surface area contributed by atoms with Crippen LogP contribution in [0.2, 0.25) is 0 Å². The van der Waals surface area contributed by atoms with E-state index < -0.39 is 17.3 Å². The van der Waals surface area contributed by atoms with Crippen LogP contribution in [-0.2, 0) is 6.18 Å². The quantitative estimate of drug-likeness (QED) is 0.743. The van der Waals surface area contributed by atoms with Gasteiger partial charge in [0, 0.05) is 6.54 Å². The summed E-state index contributed by atoms with van der Waals surface area (Å²) in [6.07, 6.45) is -1.03. The molecule has 1 aliphatic rings. The summed E-state index contributed by atoms with van der Waals surface area (Å²) >= 11 is 0. The van der Waals surface area contributed by atoms with Crippen LogP contribution >= 0.6 is 0 Å². The molecule has 106 valence electrons. The summed E-state index contributed by atoms with van der Waals surface area (Å²) in [6.45, 7) is 0.308. The van der Waals surface area contributed by atoms with E-state index in [4.69, 9.17) is 5.73 Å². The summed E-state index contributed by atoms with van der Waals surface area (Å²) in [6, 6.07) is 3.19. The SMILES string of the molecule is Nc1cc(C(F)(F)F)ccc1NCC1(O)CCCC1. The molecule has 19 heavy (non-hydrogen) atoms. The summed E-state index contributed by atoms with van der Waals surface area (Å²) in [7, 11) is 0. The largest absolute Gasteiger partial charge is 0.416 e. The minimum Gasteiger partial charge on any atom is -0.397 e. The Morgan fingerprint density at radius 2 is 1.89 bits per heavy atom. The molecule has 1 saturated carbocycles. The number of alkyl halides is 3. The van der Waals surface area contributed by atoms with Crippen molar-refractivity contribution < 1.29 is 18.3 Å². The highest BCUT2D eigenvalue weighted by atomic mass is 19.4. The molecule has 0 aliphatic heterocycles. The van der Waals surface area contributed by atoms with Gasteiger partial charge >= 0.3 is 6.18 Å². The number of hydrogen-bond donors (Lipinski definition) is 3. The van der Waals surface area contributed by atoms with Crippen molar-refractivity contribution >= 4 is 11.4 Å². The summed E-state index contributed by atoms with van der Waals surface area (Å²) in [5.74, 6) is 0. The molecule has 0 radical (unpaired) electrons. The Hall–Kier alpha value is -1.43. The van der Waals surface area contributed by atoms with Crippen molar-refractivity contribution in [3.8, 4) is 0 Å². The number of nitrogens with two attached hydrogens (primary N) is 1. The first-order valence-electron chi connectivity index (χ1n) is 6.23. The highest BCUT2D eigenvalue weighted by molar-refractivity contribution is 5.67. The molecular weight excluding hydrogens is 257 g/mol. The van der Waals surface area contributed by atoms with Crippen LogP contribution in [0, 0.1) is 0 Å². The van der Waals surface area contributed by atoms with Crippen molar-refractivity contribution in [1.29, 1.82) is 0 Å². The topological polar surface area (TPSA) is 58.3 Å². The van der Waals surface area contributed by atoms with Gasteiger partial charge in [0.15, 0.2) is 0 Å². The second-order valence-corrected chi connectivity index (χ2v) is 5.08. The third kappa shape index (κ3) is 3.32. The molecule has 0 bridgehead atoms. The molecule has 0 aromatic heterocycles. The van der Waals surface area contributed by atoms with E-state index in [1.165, 1.54) is 6.07 Å². The van der Waals surface area contributed by atoms with Crippen LogP contribution in [-0.4, -0.2) is 17.3 Å². The first-order valence-corrected chi connectivity index (χ1v) is 6.23. The van der Waals surface area contributed by atoms with Crippen molar-refractivity contribution in [2.75, 3.05) is 17.6 Å². The number of aliphatic hydroxyl groups is 1. The van der Waals surface area contributed by atoms with Gasteiger partial charge in [-0.2, -0.15) is 13.2 Å². The van der Waals surface area contributed by atoms with Crippen molar-refractivity contribution in [3.63, 3.8) is 0 Å². The zero-order valence-corrected chi connectivity index (χ0v) is 10.4. The van der Waals surface area contributed by atoms with Gasteiger partial charge in [-0.15, -0.1) is 0 Å². The van der Waals surface area contributed by atoms with Crippen LogP contribution in [0.5, 0.6) is 0 Å². The molecule has 1 aromatic rings. The average molecular weight is 274 g/mol. The third-order valence-corrected chi connectivity index (χ3v) is 3.52. The Morgan fingerprint density at radius 1 is 1.26 bits per heavy atom. The zero-order chi connectivity index (χ0) is 14.1. The maximum Gasteiger partial charge on any atom is 0.416 e. The minimum absolute atomic E-state index is 0.0384. The Labute approximate surface area is 109 Å². The van der Waals surface area contributed by atoms with Crippen LogP contribution in [0.25, 0.3) is 0 Å². The predicted molar refractivity (Wildman–Crippen MR) is 67.8 cm³/mol. The Morgan fingerprint density at radius 3 is 2.42 bits per heavy atom. The van der Waals surface area contributed by atoms with Crippen LogP contribution in [0.3, 0.4) is 0 Å². The van der Waals surface area contributed by atoms with E-state index in [0.29, 0.717) is 25.1 Å². The molecule has 0 amide bonds. The number of hydrogen-bond acceptors (Lipinski definition) is 3. The van der Waals surface area contributed by atoms with Crippen molar-refractivity contribution in [2.24, 2.45) is 0 Å². The molecule has 0 saturated heterocycles. The number of anilines is 2. The van der Waals surface area contributed by atoms with Crippen LogP contribution in [0.15, 0.2) is 18.2 Å². The maximum atomic E-state index is 12.5. The molecule has 0 heterocycles. The molecule has 1 aliphatic carbocycles. The summed E-state index contributed by atoms with van der Waals surface area (Å²) in [4.78, 5) is 0. The molecule has 3 nitrogen and oxygen atoms in total. The van der Waals surface area contributed by atoms with Crippen LogP contribution in [0.1, 0.15) is 31.2 Å². The fourth-order valence-electron chi connectivity index (χ4n) is 2.37. The van der Waals surface area contributed by atoms with E-state index in [9.17, 15) is 18.3 Å². The van der Waals surface area contributed by atoms with E-state index in [1.54, 1.807) is 0 Å². The second-order valence-electron chi connectivity index (χ2n) is 5.08. The molecular formula is C13H17F3N2O. The zero-order valence-electron chi connectivity index (χ0n) is 10.4. The summed E-state index contributed by atoms with van der Waals surface area (Å²) < 4.78 is 37.4. The van der Waals surface area contributed by atoms with Gasteiger partial charge in [-0.05, 0) is 31.0 Å². The maximum absolute atomic E-state index is 12.5. The standard InChI is InChI=1S/C13H17F3N2O/c14-13(15,16)9-3-4-11(10(17)7-9)18-8-12(19)5-1-2-6-12/h3-4,7,18-19H,1-2,5-6,8,17H2. The molecule has 6 heteroatoms. The fourth-order valence-corrected chi connectivity index (χ4v) is 2.37. The highest BCUT2D eigenvalue weighted by Crippen LogP contribution is 2.34. The number of rotatable bonds is 3. The Kier molecular flexibility index (Phi) is 3.62. The van der Waals surface area contributed by atoms with Gasteiger partial charge in [0.1, 0.15) is 0 Å². The first kappa shape index (κ1) is 14.0. The van der Waals surface area contributed by atoms with Gasteiger partial charge < -0.3 is 16.2 Å². The smallest absolute Gasteiger partial charge is 0.397 e. The molecule has 0 spiro atoms. The highest BCUT2D eigenvalue weighted by Gasteiger charge is 2.32. The lowest BCUT2D eigenvalue weighted by molar-refractivity contribution is -0.137. The summed E-state index contributed by atoms with van der Waals surface area (Å²) in [5, 5.41) is 13.1. The van der Waals surface area contributed by atoms with Crippen LogP contribution < -0.4 is 11.1 Å². The van der Waals surface area contributed by atoms with E-state index in [-0.39, 0.29) is 5.69 Å². The van der Waals surface area contributed by atoms with Gasteiger partial charge in [-0.25, -0.2) is 0 Å². The summed E-state index contributed by atoms with van der Waals surface area (Å²) in [5.41, 5.74) is 4.53.